The number of aryl methyl sites for hydroxylation is 1. The quantitative estimate of drug-likeness (QED) is 0.735. The van der Waals surface area contributed by atoms with Gasteiger partial charge >= 0.3 is 6.18 Å². The van der Waals surface area contributed by atoms with E-state index < -0.39 is 17.6 Å². The van der Waals surface area contributed by atoms with Gasteiger partial charge in [-0.05, 0) is 42.3 Å². The van der Waals surface area contributed by atoms with Gasteiger partial charge in [-0.15, -0.1) is 0 Å². The summed E-state index contributed by atoms with van der Waals surface area (Å²) in [6, 6.07) is 11.7. The summed E-state index contributed by atoms with van der Waals surface area (Å²) in [5.41, 5.74) is 0.169. The molecule has 0 aliphatic carbocycles. The highest BCUT2D eigenvalue weighted by Gasteiger charge is 2.32. The molecule has 0 N–H and O–H groups in total. The molecule has 154 valence electrons. The van der Waals surface area contributed by atoms with Crippen LogP contribution in [0.4, 0.5) is 13.2 Å². The van der Waals surface area contributed by atoms with Crippen LogP contribution in [-0.2, 0) is 17.4 Å². The summed E-state index contributed by atoms with van der Waals surface area (Å²) >= 11 is 5.85. The maximum absolute atomic E-state index is 12.9. The molecule has 2 aromatic rings. The molecule has 1 saturated heterocycles. The van der Waals surface area contributed by atoms with Crippen molar-refractivity contribution in [2.24, 2.45) is 0 Å². The molecule has 0 saturated carbocycles. The van der Waals surface area contributed by atoms with E-state index in [1.165, 1.54) is 17.0 Å². The second kappa shape index (κ2) is 8.86. The van der Waals surface area contributed by atoms with E-state index in [4.69, 9.17) is 11.6 Å². The third kappa shape index (κ3) is 5.50. The minimum Gasteiger partial charge on any atom is -0.339 e. The number of amides is 2. The van der Waals surface area contributed by atoms with Gasteiger partial charge in [0.05, 0.1) is 5.56 Å². The summed E-state index contributed by atoms with van der Waals surface area (Å²) in [7, 11) is 0. The number of carbonyl (C=O) groups is 2. The Morgan fingerprint density at radius 3 is 2.17 bits per heavy atom. The smallest absolute Gasteiger partial charge is 0.339 e. The fourth-order valence-corrected chi connectivity index (χ4v) is 3.36. The number of halogens is 4. The third-order valence-electron chi connectivity index (χ3n) is 4.90. The largest absolute Gasteiger partial charge is 0.416 e. The maximum atomic E-state index is 12.9. The Bertz CT molecular complexity index is 876. The summed E-state index contributed by atoms with van der Waals surface area (Å²) < 4.78 is 38.6. The van der Waals surface area contributed by atoms with Gasteiger partial charge in [0.15, 0.2) is 0 Å². The predicted octanol–water partition coefficient (Wildman–Crippen LogP) is 4.28. The first-order valence-electron chi connectivity index (χ1n) is 9.23. The maximum Gasteiger partial charge on any atom is 0.416 e. The van der Waals surface area contributed by atoms with E-state index in [1.54, 1.807) is 17.0 Å². The monoisotopic (exact) mass is 424 g/mol. The first kappa shape index (κ1) is 21.2. The molecule has 1 heterocycles. The van der Waals surface area contributed by atoms with Crippen molar-refractivity contribution in [1.29, 1.82) is 0 Å². The van der Waals surface area contributed by atoms with E-state index in [0.29, 0.717) is 44.0 Å². The second-order valence-corrected chi connectivity index (χ2v) is 7.31. The van der Waals surface area contributed by atoms with Crippen LogP contribution in [0, 0.1) is 0 Å². The van der Waals surface area contributed by atoms with Gasteiger partial charge in [-0.2, -0.15) is 13.2 Å². The van der Waals surface area contributed by atoms with Crippen LogP contribution in [0.15, 0.2) is 48.5 Å². The van der Waals surface area contributed by atoms with Gasteiger partial charge in [-0.25, -0.2) is 0 Å². The van der Waals surface area contributed by atoms with Crippen LogP contribution in [0.3, 0.4) is 0 Å². The summed E-state index contributed by atoms with van der Waals surface area (Å²) in [5.74, 6) is -0.463. The van der Waals surface area contributed by atoms with E-state index in [2.05, 4.69) is 0 Å². The van der Waals surface area contributed by atoms with Crippen LogP contribution in [0.2, 0.25) is 5.02 Å². The Labute approximate surface area is 171 Å². The summed E-state index contributed by atoms with van der Waals surface area (Å²) in [6.07, 6.45) is -3.55. The molecule has 1 aliphatic heterocycles. The highest BCUT2D eigenvalue weighted by Crippen LogP contribution is 2.29. The molecule has 2 amide bonds. The Balaban J connectivity index is 1.52. The molecule has 0 spiro atoms. The third-order valence-corrected chi connectivity index (χ3v) is 5.15. The van der Waals surface area contributed by atoms with Crippen molar-refractivity contribution < 1.29 is 22.8 Å². The SMILES string of the molecule is O=C(CCc1ccc(Cl)cc1)N1CCN(C(=O)c2cccc(C(F)(F)F)c2)CC1. The van der Waals surface area contributed by atoms with Crippen LogP contribution >= 0.6 is 11.6 Å². The molecule has 0 unspecified atom stereocenters. The Kier molecular flexibility index (Phi) is 6.47. The average molecular weight is 425 g/mol. The number of nitrogens with zero attached hydrogens (tertiary/aromatic N) is 2. The molecule has 2 aromatic carbocycles. The standard InChI is InChI=1S/C21H20ClF3N2O2/c22-18-7-4-15(5-8-18)6-9-19(28)26-10-12-27(13-11-26)20(29)16-2-1-3-17(14-16)21(23,24)25/h1-5,7-8,14H,6,9-13H2. The molecular weight excluding hydrogens is 405 g/mol. The predicted molar refractivity (Wildman–Crippen MR) is 104 cm³/mol. The Morgan fingerprint density at radius 2 is 1.55 bits per heavy atom. The molecule has 0 aromatic heterocycles. The molecule has 1 fully saturated rings. The van der Waals surface area contributed by atoms with Crippen molar-refractivity contribution in [2.45, 2.75) is 19.0 Å². The van der Waals surface area contributed by atoms with E-state index in [9.17, 15) is 22.8 Å². The highest BCUT2D eigenvalue weighted by molar-refractivity contribution is 6.30. The van der Waals surface area contributed by atoms with E-state index in [1.807, 2.05) is 12.1 Å². The lowest BCUT2D eigenvalue weighted by atomic mass is 10.1. The molecule has 0 bridgehead atoms. The molecule has 8 heteroatoms. The van der Waals surface area contributed by atoms with Crippen molar-refractivity contribution in [3.05, 3.63) is 70.2 Å². The lowest BCUT2D eigenvalue weighted by Gasteiger charge is -2.35. The minimum atomic E-state index is -4.49. The van der Waals surface area contributed by atoms with Crippen LogP contribution in [0.25, 0.3) is 0 Å². The Hall–Kier alpha value is -2.54. The molecule has 0 atom stereocenters. The topological polar surface area (TPSA) is 40.6 Å². The van der Waals surface area contributed by atoms with Crippen LogP contribution in [-0.4, -0.2) is 47.8 Å². The highest BCUT2D eigenvalue weighted by atomic mass is 35.5. The zero-order chi connectivity index (χ0) is 21.0. The van der Waals surface area contributed by atoms with Gasteiger partial charge in [-0.3, -0.25) is 9.59 Å². The van der Waals surface area contributed by atoms with Gasteiger partial charge in [0.25, 0.3) is 5.91 Å². The van der Waals surface area contributed by atoms with Crippen LogP contribution in [0.1, 0.15) is 27.9 Å². The molecule has 1 aliphatic rings. The Morgan fingerprint density at radius 1 is 0.931 bits per heavy atom. The van der Waals surface area contributed by atoms with Gasteiger partial charge in [0.1, 0.15) is 0 Å². The number of carbonyl (C=O) groups excluding carboxylic acids is 2. The number of benzene rings is 2. The van der Waals surface area contributed by atoms with E-state index in [0.717, 1.165) is 17.7 Å². The summed E-state index contributed by atoms with van der Waals surface area (Å²) in [6.45, 7) is 1.32. The molecule has 4 nitrogen and oxygen atoms in total. The zero-order valence-corrected chi connectivity index (χ0v) is 16.3. The van der Waals surface area contributed by atoms with E-state index >= 15 is 0 Å². The number of hydrogen-bond acceptors (Lipinski definition) is 2. The second-order valence-electron chi connectivity index (χ2n) is 6.88. The average Bonchev–Trinajstić information content (AvgIpc) is 2.72. The normalized spacial score (nSPS) is 14.8. The van der Waals surface area contributed by atoms with Crippen molar-refractivity contribution in [2.75, 3.05) is 26.2 Å². The lowest BCUT2D eigenvalue weighted by Crippen LogP contribution is -2.50. The fourth-order valence-electron chi connectivity index (χ4n) is 3.23. The molecule has 29 heavy (non-hydrogen) atoms. The minimum absolute atomic E-state index is 0.00217. The molecule has 3 rings (SSSR count). The van der Waals surface area contributed by atoms with Crippen molar-refractivity contribution >= 4 is 23.4 Å². The van der Waals surface area contributed by atoms with E-state index in [-0.39, 0.29) is 11.5 Å². The van der Waals surface area contributed by atoms with Gasteiger partial charge in [0.2, 0.25) is 5.91 Å². The van der Waals surface area contributed by atoms with Crippen LogP contribution < -0.4 is 0 Å². The number of hydrogen-bond donors (Lipinski definition) is 0. The van der Waals surface area contributed by atoms with Crippen molar-refractivity contribution in [3.8, 4) is 0 Å². The lowest BCUT2D eigenvalue weighted by molar-refractivity contribution is -0.137. The number of alkyl halides is 3. The summed E-state index contributed by atoms with van der Waals surface area (Å²) in [4.78, 5) is 28.1. The van der Waals surface area contributed by atoms with Crippen molar-refractivity contribution in [1.82, 2.24) is 9.80 Å². The fraction of sp³-hybridized carbons (Fsp3) is 0.333. The first-order valence-corrected chi connectivity index (χ1v) is 9.60. The molecule has 0 radical (unpaired) electrons. The van der Waals surface area contributed by atoms with Gasteiger partial charge in [0, 0.05) is 43.2 Å². The van der Waals surface area contributed by atoms with Gasteiger partial charge in [-0.1, -0.05) is 29.8 Å². The number of piperazine rings is 1. The summed E-state index contributed by atoms with van der Waals surface area (Å²) in [5, 5.41) is 0.640. The van der Waals surface area contributed by atoms with Crippen LogP contribution in [0.5, 0.6) is 0 Å². The zero-order valence-electron chi connectivity index (χ0n) is 15.6. The molecular formula is C21H20ClF3N2O2. The number of rotatable bonds is 4. The van der Waals surface area contributed by atoms with Crippen molar-refractivity contribution in [3.63, 3.8) is 0 Å². The first-order chi connectivity index (χ1) is 13.7. The van der Waals surface area contributed by atoms with Gasteiger partial charge < -0.3 is 9.80 Å².